The largest absolute Gasteiger partial charge is 0.296 e. The first-order valence-corrected chi connectivity index (χ1v) is 6.62. The predicted molar refractivity (Wildman–Crippen MR) is 67.5 cm³/mol. The second-order valence-corrected chi connectivity index (χ2v) is 6.49. The van der Waals surface area contributed by atoms with Crippen LogP contribution in [0.5, 0.6) is 0 Å². The summed E-state index contributed by atoms with van der Waals surface area (Å²) in [6.45, 7) is 9.47. The molecular weight excluding hydrogens is 273 g/mol. The minimum absolute atomic E-state index is 0.373. The van der Waals surface area contributed by atoms with Gasteiger partial charge in [-0.15, -0.1) is 0 Å². The summed E-state index contributed by atoms with van der Waals surface area (Å²) in [5.41, 5.74) is 0.745. The van der Waals surface area contributed by atoms with Gasteiger partial charge in [0.05, 0.1) is 0 Å². The lowest BCUT2D eigenvalue weighted by molar-refractivity contribution is -0.0239. The maximum atomic E-state index is 2.54. The van der Waals surface area contributed by atoms with Crippen molar-refractivity contribution in [3.8, 4) is 0 Å². The summed E-state index contributed by atoms with van der Waals surface area (Å²) in [7, 11) is 2.27. The molecule has 1 fully saturated rings. The quantitative estimate of drug-likeness (QED) is 0.530. The van der Waals surface area contributed by atoms with E-state index >= 15 is 0 Å². The summed E-state index contributed by atoms with van der Waals surface area (Å²) in [6, 6.07) is 0. The van der Waals surface area contributed by atoms with Crippen molar-refractivity contribution in [3.63, 3.8) is 0 Å². The summed E-state index contributed by atoms with van der Waals surface area (Å²) in [5.74, 6) is 0.904. The molecule has 1 aliphatic heterocycles. The molecule has 0 aliphatic carbocycles. The van der Waals surface area contributed by atoms with Gasteiger partial charge in [0.1, 0.15) is 0 Å². The molecule has 0 unspecified atom stereocenters. The maximum absolute atomic E-state index is 2.54. The molecular formula is C11H22IN. The molecule has 1 rings (SSSR count). The fraction of sp³-hybridized carbons (Fsp3) is 1.00. The van der Waals surface area contributed by atoms with Crippen LogP contribution in [0.25, 0.3) is 0 Å². The van der Waals surface area contributed by atoms with Gasteiger partial charge in [-0.1, -0.05) is 22.6 Å². The van der Waals surface area contributed by atoms with Crippen molar-refractivity contribution in [1.29, 1.82) is 0 Å². The molecule has 0 bridgehead atoms. The highest BCUT2D eigenvalue weighted by Gasteiger charge is 2.42. The first-order chi connectivity index (χ1) is 5.79. The predicted octanol–water partition coefficient (Wildman–Crippen LogP) is 3.32. The van der Waals surface area contributed by atoms with Crippen LogP contribution in [0.15, 0.2) is 0 Å². The van der Waals surface area contributed by atoms with E-state index in [0.717, 1.165) is 5.92 Å². The molecule has 1 saturated heterocycles. The Hall–Kier alpha value is 0.690. The lowest BCUT2D eigenvalue weighted by atomic mass is 9.75. The molecule has 78 valence electrons. The van der Waals surface area contributed by atoms with Gasteiger partial charge in [0.2, 0.25) is 0 Å². The van der Waals surface area contributed by atoms with Crippen molar-refractivity contribution >= 4 is 22.6 Å². The fourth-order valence-corrected chi connectivity index (χ4v) is 3.31. The van der Waals surface area contributed by atoms with E-state index in [2.05, 4.69) is 62.2 Å². The average molecular weight is 295 g/mol. The Kier molecular flexibility index (Phi) is 3.34. The Morgan fingerprint density at radius 3 is 1.85 bits per heavy atom. The number of alkyl halides is 1. The van der Waals surface area contributed by atoms with Crippen molar-refractivity contribution in [2.24, 2.45) is 5.92 Å². The van der Waals surface area contributed by atoms with E-state index in [9.17, 15) is 0 Å². The molecule has 2 heteroatoms. The highest BCUT2D eigenvalue weighted by Crippen LogP contribution is 2.40. The molecule has 0 N–H and O–H groups in total. The highest BCUT2D eigenvalue weighted by molar-refractivity contribution is 14.1. The summed E-state index contributed by atoms with van der Waals surface area (Å²) in [4.78, 5) is 2.54. The first kappa shape index (κ1) is 11.8. The summed E-state index contributed by atoms with van der Waals surface area (Å²) in [5, 5.41) is 0. The minimum Gasteiger partial charge on any atom is -0.296 e. The fourth-order valence-electron chi connectivity index (χ4n) is 2.69. The van der Waals surface area contributed by atoms with E-state index in [0.29, 0.717) is 11.1 Å². The Morgan fingerprint density at radius 2 is 1.54 bits per heavy atom. The molecule has 1 heterocycles. The first-order valence-electron chi connectivity index (χ1n) is 5.09. The molecule has 0 amide bonds. The second-order valence-electron chi connectivity index (χ2n) is 5.61. The van der Waals surface area contributed by atoms with Crippen molar-refractivity contribution in [1.82, 2.24) is 4.90 Å². The van der Waals surface area contributed by atoms with Gasteiger partial charge in [-0.05, 0) is 53.5 Å². The van der Waals surface area contributed by atoms with Gasteiger partial charge < -0.3 is 0 Å². The van der Waals surface area contributed by atoms with Crippen LogP contribution >= 0.6 is 22.6 Å². The van der Waals surface area contributed by atoms with E-state index in [4.69, 9.17) is 0 Å². The molecule has 0 aromatic heterocycles. The van der Waals surface area contributed by atoms with Gasteiger partial charge in [-0.3, -0.25) is 4.90 Å². The monoisotopic (exact) mass is 295 g/mol. The molecule has 0 spiro atoms. The van der Waals surface area contributed by atoms with Crippen LogP contribution < -0.4 is 0 Å². The Labute approximate surface area is 96.4 Å². The number of rotatable bonds is 1. The lowest BCUT2D eigenvalue weighted by Gasteiger charge is -2.53. The van der Waals surface area contributed by atoms with Gasteiger partial charge in [0.15, 0.2) is 0 Å². The van der Waals surface area contributed by atoms with E-state index in [-0.39, 0.29) is 0 Å². The Bertz CT molecular complexity index is 169. The zero-order chi connectivity index (χ0) is 10.3. The lowest BCUT2D eigenvalue weighted by Crippen LogP contribution is -2.58. The number of likely N-dealkylation sites (tertiary alicyclic amines) is 1. The Balaban J connectivity index is 2.82. The second kappa shape index (κ2) is 3.69. The maximum Gasteiger partial charge on any atom is 0.0158 e. The number of halogens is 1. The van der Waals surface area contributed by atoms with Gasteiger partial charge >= 0.3 is 0 Å². The van der Waals surface area contributed by atoms with Crippen LogP contribution in [0.4, 0.5) is 0 Å². The van der Waals surface area contributed by atoms with Crippen LogP contribution in [-0.4, -0.2) is 27.5 Å². The van der Waals surface area contributed by atoms with Gasteiger partial charge in [-0.25, -0.2) is 0 Å². The van der Waals surface area contributed by atoms with Crippen molar-refractivity contribution in [3.05, 3.63) is 0 Å². The zero-order valence-electron chi connectivity index (χ0n) is 9.52. The van der Waals surface area contributed by atoms with Crippen LogP contribution in [0.3, 0.4) is 0 Å². The summed E-state index contributed by atoms with van der Waals surface area (Å²) in [6.07, 6.45) is 2.69. The van der Waals surface area contributed by atoms with E-state index in [1.165, 1.54) is 17.3 Å². The number of nitrogens with zero attached hydrogens (tertiary/aromatic N) is 1. The topological polar surface area (TPSA) is 3.24 Å². The molecule has 0 saturated carbocycles. The van der Waals surface area contributed by atoms with E-state index < -0.39 is 0 Å². The summed E-state index contributed by atoms with van der Waals surface area (Å²) < 4.78 is 1.30. The number of hydrogen-bond acceptors (Lipinski definition) is 1. The third kappa shape index (κ3) is 2.38. The average Bonchev–Trinajstić information content (AvgIpc) is 1.99. The normalized spacial score (nSPS) is 29.1. The minimum atomic E-state index is 0.373. The SMILES string of the molecule is CN1C(C)(C)CC(CI)CC1(C)C. The standard InChI is InChI=1S/C11H22IN/c1-10(2)6-9(8-12)7-11(3,4)13(10)5/h9H,6-8H2,1-5H3. The van der Waals surface area contributed by atoms with Crippen molar-refractivity contribution in [2.45, 2.75) is 51.6 Å². The van der Waals surface area contributed by atoms with Gasteiger partial charge in [-0.2, -0.15) is 0 Å². The van der Waals surface area contributed by atoms with Crippen LogP contribution in [0, 0.1) is 5.92 Å². The van der Waals surface area contributed by atoms with Crippen molar-refractivity contribution in [2.75, 3.05) is 11.5 Å². The van der Waals surface area contributed by atoms with Gasteiger partial charge in [0.25, 0.3) is 0 Å². The highest BCUT2D eigenvalue weighted by atomic mass is 127. The zero-order valence-corrected chi connectivity index (χ0v) is 11.7. The van der Waals surface area contributed by atoms with Crippen LogP contribution in [0.1, 0.15) is 40.5 Å². The van der Waals surface area contributed by atoms with E-state index in [1.54, 1.807) is 0 Å². The molecule has 0 aromatic rings. The van der Waals surface area contributed by atoms with Crippen LogP contribution in [-0.2, 0) is 0 Å². The smallest absolute Gasteiger partial charge is 0.0158 e. The number of piperidine rings is 1. The molecule has 13 heavy (non-hydrogen) atoms. The Morgan fingerprint density at radius 1 is 1.15 bits per heavy atom. The van der Waals surface area contributed by atoms with Crippen molar-refractivity contribution < 1.29 is 0 Å². The third-order valence-corrected chi connectivity index (χ3v) is 4.86. The third-order valence-electron chi connectivity index (χ3n) is 3.61. The van der Waals surface area contributed by atoms with Crippen LogP contribution in [0.2, 0.25) is 0 Å². The molecule has 0 radical (unpaired) electrons. The summed E-state index contributed by atoms with van der Waals surface area (Å²) >= 11 is 2.53. The van der Waals surface area contributed by atoms with E-state index in [1.807, 2.05) is 0 Å². The molecule has 1 nitrogen and oxygen atoms in total. The molecule has 1 aliphatic rings. The molecule has 0 atom stereocenters. The van der Waals surface area contributed by atoms with Gasteiger partial charge in [0, 0.05) is 15.5 Å². The molecule has 0 aromatic carbocycles. The number of hydrogen-bond donors (Lipinski definition) is 0.